The molecule has 180 valence electrons. The van der Waals surface area contributed by atoms with Gasteiger partial charge in [-0.3, -0.25) is 4.79 Å². The predicted molar refractivity (Wildman–Crippen MR) is 139 cm³/mol. The number of hydrogen-bond donors (Lipinski definition) is 0. The van der Waals surface area contributed by atoms with Gasteiger partial charge in [-0.05, 0) is 62.2 Å². The maximum absolute atomic E-state index is 12.1. The molecule has 5 nitrogen and oxygen atoms in total. The SMILES string of the molecule is C=C(C)C(=O)OCCC[SiH2]O[Si](CCCN1CCCC1=O)(C1C=CC=CC1)C1C=CC=CC1. The Morgan fingerprint density at radius 3 is 2.39 bits per heavy atom. The van der Waals surface area contributed by atoms with Crippen molar-refractivity contribution in [2.24, 2.45) is 0 Å². The molecule has 1 aliphatic heterocycles. The minimum absolute atomic E-state index is 0.308. The van der Waals surface area contributed by atoms with Crippen LogP contribution < -0.4 is 0 Å². The molecule has 1 amide bonds. The molecular weight excluding hydrogens is 446 g/mol. The lowest BCUT2D eigenvalue weighted by Gasteiger charge is -2.43. The summed E-state index contributed by atoms with van der Waals surface area (Å²) in [4.78, 5) is 25.8. The van der Waals surface area contributed by atoms with Crippen molar-refractivity contribution in [1.29, 1.82) is 0 Å². The van der Waals surface area contributed by atoms with E-state index in [0.717, 1.165) is 57.3 Å². The quantitative estimate of drug-likeness (QED) is 0.164. The molecule has 0 aromatic carbocycles. The predicted octanol–water partition coefficient (Wildman–Crippen LogP) is 4.75. The fourth-order valence-electron chi connectivity index (χ4n) is 5.06. The summed E-state index contributed by atoms with van der Waals surface area (Å²) < 4.78 is 12.4. The first-order valence-corrected chi connectivity index (χ1v) is 16.3. The normalized spacial score (nSPS) is 24.0. The van der Waals surface area contributed by atoms with Crippen LogP contribution in [-0.2, 0) is 18.4 Å². The van der Waals surface area contributed by atoms with Crippen molar-refractivity contribution in [3.8, 4) is 0 Å². The third kappa shape index (κ3) is 7.26. The second-order valence-corrected chi connectivity index (χ2v) is 15.5. The van der Waals surface area contributed by atoms with Crippen molar-refractivity contribution in [2.45, 2.75) is 68.6 Å². The highest BCUT2D eigenvalue weighted by Crippen LogP contribution is 2.46. The van der Waals surface area contributed by atoms with Gasteiger partial charge in [0.2, 0.25) is 5.91 Å². The van der Waals surface area contributed by atoms with Crippen molar-refractivity contribution in [2.75, 3.05) is 19.7 Å². The van der Waals surface area contributed by atoms with Crippen LogP contribution in [0.3, 0.4) is 0 Å². The van der Waals surface area contributed by atoms with E-state index in [1.807, 2.05) is 4.90 Å². The molecular formula is C26H39NO4Si2. The van der Waals surface area contributed by atoms with Gasteiger partial charge in [0.1, 0.15) is 9.76 Å². The summed E-state index contributed by atoms with van der Waals surface area (Å²) in [6.07, 6.45) is 23.6. The third-order valence-electron chi connectivity index (χ3n) is 6.87. The Balaban J connectivity index is 1.65. The minimum Gasteiger partial charge on any atom is -0.462 e. The Kier molecular flexibility index (Phi) is 10.2. The number of nitrogens with zero attached hydrogens (tertiary/aromatic N) is 1. The summed E-state index contributed by atoms with van der Waals surface area (Å²) in [5, 5.41) is 0. The van der Waals surface area contributed by atoms with Crippen LogP contribution in [0.5, 0.6) is 0 Å². The molecule has 3 rings (SSSR count). The van der Waals surface area contributed by atoms with Crippen LogP contribution in [0.15, 0.2) is 60.8 Å². The number of esters is 1. The van der Waals surface area contributed by atoms with Gasteiger partial charge in [0.25, 0.3) is 0 Å². The Bertz CT molecular complexity index is 787. The number of carbonyl (C=O) groups excluding carboxylic acids is 2. The lowest BCUT2D eigenvalue weighted by atomic mass is 10.2. The smallest absolute Gasteiger partial charge is 0.333 e. The first-order chi connectivity index (χ1) is 16.0. The van der Waals surface area contributed by atoms with Crippen LogP contribution in [0.4, 0.5) is 0 Å². The maximum Gasteiger partial charge on any atom is 0.333 e. The first kappa shape index (κ1) is 25.7. The Hall–Kier alpha value is -1.97. The number of amides is 1. The van der Waals surface area contributed by atoms with Crippen molar-refractivity contribution < 1.29 is 18.4 Å². The fourth-order valence-corrected chi connectivity index (χ4v) is 13.8. The van der Waals surface area contributed by atoms with E-state index in [9.17, 15) is 9.59 Å². The molecule has 0 saturated carbocycles. The highest BCUT2D eigenvalue weighted by molar-refractivity contribution is 6.81. The number of likely N-dealkylation sites (tertiary alicyclic amines) is 1. The van der Waals surface area contributed by atoms with E-state index < -0.39 is 18.1 Å². The van der Waals surface area contributed by atoms with Gasteiger partial charge in [0.05, 0.1) is 6.61 Å². The molecule has 2 aliphatic carbocycles. The van der Waals surface area contributed by atoms with E-state index in [1.54, 1.807) is 6.92 Å². The summed E-state index contributed by atoms with van der Waals surface area (Å²) in [6, 6.07) is 2.08. The molecule has 7 heteroatoms. The van der Waals surface area contributed by atoms with Crippen molar-refractivity contribution in [1.82, 2.24) is 4.90 Å². The third-order valence-corrected chi connectivity index (χ3v) is 15.1. The molecule has 1 fully saturated rings. The molecule has 3 aliphatic rings. The number of ether oxygens (including phenoxy) is 1. The summed E-state index contributed by atoms with van der Waals surface area (Å²) >= 11 is 0. The summed E-state index contributed by atoms with van der Waals surface area (Å²) in [5.74, 6) is -0.00103. The molecule has 0 aromatic rings. The summed E-state index contributed by atoms with van der Waals surface area (Å²) in [6.45, 7) is 7.51. The fraction of sp³-hybridized carbons (Fsp3) is 0.538. The van der Waals surface area contributed by atoms with Crippen molar-refractivity contribution in [3.05, 3.63) is 60.8 Å². The molecule has 2 atom stereocenters. The Morgan fingerprint density at radius 2 is 1.85 bits per heavy atom. The van der Waals surface area contributed by atoms with E-state index >= 15 is 0 Å². The van der Waals surface area contributed by atoms with Gasteiger partial charge < -0.3 is 13.8 Å². The number of allylic oxidation sites excluding steroid dienone is 8. The first-order valence-electron chi connectivity index (χ1n) is 12.4. The zero-order chi connectivity index (χ0) is 23.5. The highest BCUT2D eigenvalue weighted by atomic mass is 28.4. The topological polar surface area (TPSA) is 55.8 Å². The zero-order valence-electron chi connectivity index (χ0n) is 20.0. The lowest BCUT2D eigenvalue weighted by Crippen LogP contribution is -2.49. The summed E-state index contributed by atoms with van der Waals surface area (Å²) in [5.41, 5.74) is 1.37. The van der Waals surface area contributed by atoms with Gasteiger partial charge >= 0.3 is 5.97 Å². The van der Waals surface area contributed by atoms with E-state index in [-0.39, 0.29) is 5.97 Å². The van der Waals surface area contributed by atoms with Gasteiger partial charge in [0.15, 0.2) is 8.32 Å². The Labute approximate surface area is 202 Å². The second kappa shape index (κ2) is 13.1. The van der Waals surface area contributed by atoms with Crippen molar-refractivity contribution >= 4 is 30.0 Å². The number of hydrogen-bond acceptors (Lipinski definition) is 4. The van der Waals surface area contributed by atoms with Crippen LogP contribution in [0.25, 0.3) is 0 Å². The molecule has 1 saturated heterocycles. The van der Waals surface area contributed by atoms with Crippen LogP contribution in [0.1, 0.15) is 45.4 Å². The van der Waals surface area contributed by atoms with E-state index in [1.165, 1.54) is 0 Å². The molecule has 0 radical (unpaired) electrons. The molecule has 0 aromatic heterocycles. The average Bonchev–Trinajstić information content (AvgIpc) is 3.25. The lowest BCUT2D eigenvalue weighted by molar-refractivity contribution is -0.139. The van der Waals surface area contributed by atoms with Crippen LogP contribution in [0, 0.1) is 0 Å². The van der Waals surface area contributed by atoms with Gasteiger partial charge in [-0.25, -0.2) is 4.79 Å². The van der Waals surface area contributed by atoms with Crippen LogP contribution >= 0.6 is 0 Å². The molecule has 0 spiro atoms. The molecule has 33 heavy (non-hydrogen) atoms. The van der Waals surface area contributed by atoms with E-state index in [2.05, 4.69) is 55.2 Å². The van der Waals surface area contributed by atoms with Gasteiger partial charge in [-0.1, -0.05) is 55.2 Å². The highest BCUT2D eigenvalue weighted by Gasteiger charge is 2.46. The Morgan fingerprint density at radius 1 is 1.15 bits per heavy atom. The monoisotopic (exact) mass is 485 g/mol. The van der Waals surface area contributed by atoms with Crippen LogP contribution in [-0.4, -0.2) is 54.6 Å². The summed E-state index contributed by atoms with van der Waals surface area (Å²) in [7, 11) is -2.91. The minimum atomic E-state index is -2.16. The van der Waals surface area contributed by atoms with E-state index in [4.69, 9.17) is 8.85 Å². The van der Waals surface area contributed by atoms with E-state index in [0.29, 0.717) is 35.6 Å². The van der Waals surface area contributed by atoms with Crippen LogP contribution in [0.2, 0.25) is 23.2 Å². The number of carbonyl (C=O) groups is 2. The van der Waals surface area contributed by atoms with Crippen molar-refractivity contribution in [3.63, 3.8) is 0 Å². The maximum atomic E-state index is 12.1. The zero-order valence-corrected chi connectivity index (χ0v) is 22.5. The molecule has 0 bridgehead atoms. The average molecular weight is 486 g/mol. The molecule has 1 heterocycles. The molecule has 2 unspecified atom stereocenters. The molecule has 0 N–H and O–H groups in total. The van der Waals surface area contributed by atoms with Gasteiger partial charge in [0, 0.05) is 25.1 Å². The second-order valence-electron chi connectivity index (χ2n) is 9.33. The van der Waals surface area contributed by atoms with Gasteiger partial charge in [-0.2, -0.15) is 0 Å². The standard InChI is InChI=1S/C26H39NO4Si2/c1-22(2)26(29)30-19-11-20-32-31-33(23-12-5-3-6-13-23,24-14-7-4-8-15-24)21-10-18-27-17-9-16-25(27)28/h3-8,12,14,23-24H,1,9-11,13,15-21,32H2,2H3. The number of rotatable bonds is 13. The largest absolute Gasteiger partial charge is 0.462 e. The van der Waals surface area contributed by atoms with Gasteiger partial charge in [-0.15, -0.1) is 0 Å².